The molecule has 2 rings (SSSR count). The number of aliphatic hydroxyl groups excluding tert-OH is 1. The standard InChI is InChI=1S/C15H22N4O3/c1-8(7-20)6-16-12(21)5-11-9(2)13-14(17-10(11)3)19(4)18-15(13)22/h8,20H,5-7H2,1-4H3,(H,16,21)(H,18,22). The molecule has 1 amide bonds. The van der Waals surface area contributed by atoms with E-state index in [0.29, 0.717) is 17.6 Å². The molecule has 2 heterocycles. The molecule has 120 valence electrons. The van der Waals surface area contributed by atoms with Crippen LogP contribution in [-0.4, -0.2) is 38.9 Å². The van der Waals surface area contributed by atoms with Crippen molar-refractivity contribution in [3.05, 3.63) is 27.2 Å². The molecule has 0 fully saturated rings. The fourth-order valence-electron chi connectivity index (χ4n) is 2.48. The topological polar surface area (TPSA) is 100 Å². The maximum absolute atomic E-state index is 12.1. The highest BCUT2D eigenvalue weighted by atomic mass is 16.3. The highest BCUT2D eigenvalue weighted by Gasteiger charge is 2.17. The van der Waals surface area contributed by atoms with Gasteiger partial charge in [-0.15, -0.1) is 0 Å². The summed E-state index contributed by atoms with van der Waals surface area (Å²) in [4.78, 5) is 28.5. The zero-order valence-electron chi connectivity index (χ0n) is 13.4. The van der Waals surface area contributed by atoms with E-state index in [-0.39, 0.29) is 30.4 Å². The summed E-state index contributed by atoms with van der Waals surface area (Å²) in [6.45, 7) is 5.99. The highest BCUT2D eigenvalue weighted by molar-refractivity contribution is 5.84. The number of fused-ring (bicyclic) bond motifs is 1. The minimum Gasteiger partial charge on any atom is -0.396 e. The van der Waals surface area contributed by atoms with E-state index in [2.05, 4.69) is 15.4 Å². The first-order valence-electron chi connectivity index (χ1n) is 7.27. The molecule has 0 saturated carbocycles. The van der Waals surface area contributed by atoms with Gasteiger partial charge in [0.15, 0.2) is 5.65 Å². The number of carbonyl (C=O) groups is 1. The molecule has 0 aromatic carbocycles. The van der Waals surface area contributed by atoms with E-state index in [0.717, 1.165) is 16.8 Å². The van der Waals surface area contributed by atoms with Crippen molar-refractivity contribution >= 4 is 16.9 Å². The summed E-state index contributed by atoms with van der Waals surface area (Å²) in [5.41, 5.74) is 2.70. The molecule has 0 aliphatic carbocycles. The Morgan fingerprint density at radius 3 is 2.77 bits per heavy atom. The third-order valence-electron chi connectivity index (χ3n) is 3.87. The van der Waals surface area contributed by atoms with Crippen LogP contribution in [0, 0.1) is 19.8 Å². The van der Waals surface area contributed by atoms with Crippen molar-refractivity contribution in [1.29, 1.82) is 0 Å². The number of nitrogens with zero attached hydrogens (tertiary/aromatic N) is 2. The molecule has 7 nitrogen and oxygen atoms in total. The van der Waals surface area contributed by atoms with Crippen LogP contribution in [0.1, 0.15) is 23.7 Å². The maximum Gasteiger partial charge on any atom is 0.273 e. The predicted octanol–water partition coefficient (Wildman–Crippen LogP) is 0.166. The summed E-state index contributed by atoms with van der Waals surface area (Å²) in [5, 5.41) is 15.0. The lowest BCUT2D eigenvalue weighted by Gasteiger charge is -2.12. The maximum atomic E-state index is 12.1. The molecule has 2 aromatic heterocycles. The lowest BCUT2D eigenvalue weighted by Crippen LogP contribution is -2.31. The summed E-state index contributed by atoms with van der Waals surface area (Å²) >= 11 is 0. The fraction of sp³-hybridized carbons (Fsp3) is 0.533. The molecule has 7 heteroatoms. The minimum atomic E-state index is -0.196. The molecule has 0 saturated heterocycles. The van der Waals surface area contributed by atoms with E-state index in [4.69, 9.17) is 5.11 Å². The van der Waals surface area contributed by atoms with Gasteiger partial charge in [-0.2, -0.15) is 0 Å². The quantitative estimate of drug-likeness (QED) is 0.733. The minimum absolute atomic E-state index is 0.0173. The predicted molar refractivity (Wildman–Crippen MR) is 83.8 cm³/mol. The lowest BCUT2D eigenvalue weighted by atomic mass is 10.0. The van der Waals surface area contributed by atoms with Crippen LogP contribution in [0.25, 0.3) is 11.0 Å². The summed E-state index contributed by atoms with van der Waals surface area (Å²) < 4.78 is 1.59. The van der Waals surface area contributed by atoms with Crippen molar-refractivity contribution in [3.63, 3.8) is 0 Å². The number of hydrogen-bond donors (Lipinski definition) is 3. The zero-order valence-corrected chi connectivity index (χ0v) is 13.4. The SMILES string of the molecule is Cc1nc2c(c(C)c1CC(=O)NCC(C)CO)c(=O)[nH]n2C. The zero-order chi connectivity index (χ0) is 16.4. The first kappa shape index (κ1) is 16.2. The monoisotopic (exact) mass is 306 g/mol. The van der Waals surface area contributed by atoms with Gasteiger partial charge in [-0.25, -0.2) is 4.98 Å². The van der Waals surface area contributed by atoms with Crippen molar-refractivity contribution in [3.8, 4) is 0 Å². The Labute approximate surface area is 128 Å². The van der Waals surface area contributed by atoms with Crippen LogP contribution in [-0.2, 0) is 18.3 Å². The average Bonchev–Trinajstić information content (AvgIpc) is 2.75. The smallest absolute Gasteiger partial charge is 0.273 e. The second kappa shape index (κ2) is 6.31. The molecule has 1 unspecified atom stereocenters. The van der Waals surface area contributed by atoms with Crippen LogP contribution >= 0.6 is 0 Å². The van der Waals surface area contributed by atoms with Gasteiger partial charge < -0.3 is 10.4 Å². The summed E-state index contributed by atoms with van der Waals surface area (Å²) in [6, 6.07) is 0. The van der Waals surface area contributed by atoms with Crippen LogP contribution in [0.2, 0.25) is 0 Å². The van der Waals surface area contributed by atoms with Crippen molar-refractivity contribution in [2.45, 2.75) is 27.2 Å². The third-order valence-corrected chi connectivity index (χ3v) is 3.87. The molecule has 0 aliphatic rings. The molecule has 0 radical (unpaired) electrons. The van der Waals surface area contributed by atoms with Crippen LogP contribution in [0.4, 0.5) is 0 Å². The van der Waals surface area contributed by atoms with Crippen molar-refractivity contribution < 1.29 is 9.90 Å². The summed E-state index contributed by atoms with van der Waals surface area (Å²) in [5.74, 6) is -0.122. The fourth-order valence-corrected chi connectivity index (χ4v) is 2.48. The number of amides is 1. The van der Waals surface area contributed by atoms with E-state index in [1.165, 1.54) is 0 Å². The number of aliphatic hydroxyl groups is 1. The number of aryl methyl sites for hydroxylation is 3. The van der Waals surface area contributed by atoms with Crippen LogP contribution in [0.3, 0.4) is 0 Å². The second-order valence-electron chi connectivity index (χ2n) is 5.77. The van der Waals surface area contributed by atoms with Crippen molar-refractivity contribution in [1.82, 2.24) is 20.1 Å². The molecule has 22 heavy (non-hydrogen) atoms. The van der Waals surface area contributed by atoms with E-state index < -0.39 is 0 Å². The summed E-state index contributed by atoms with van der Waals surface area (Å²) in [6.07, 6.45) is 0.174. The second-order valence-corrected chi connectivity index (χ2v) is 5.77. The van der Waals surface area contributed by atoms with E-state index >= 15 is 0 Å². The van der Waals surface area contributed by atoms with Gasteiger partial charge in [0, 0.05) is 25.9 Å². The van der Waals surface area contributed by atoms with Gasteiger partial charge in [0.25, 0.3) is 5.56 Å². The van der Waals surface area contributed by atoms with Gasteiger partial charge in [0.05, 0.1) is 11.8 Å². The largest absolute Gasteiger partial charge is 0.396 e. The number of carbonyl (C=O) groups excluding carboxylic acids is 1. The van der Waals surface area contributed by atoms with Gasteiger partial charge in [-0.05, 0) is 30.9 Å². The van der Waals surface area contributed by atoms with Gasteiger partial charge in [-0.3, -0.25) is 19.4 Å². The Morgan fingerprint density at radius 1 is 1.45 bits per heavy atom. The molecule has 2 aromatic rings. The van der Waals surface area contributed by atoms with Gasteiger partial charge >= 0.3 is 0 Å². The first-order valence-corrected chi connectivity index (χ1v) is 7.27. The van der Waals surface area contributed by atoms with Crippen LogP contribution < -0.4 is 10.9 Å². The number of pyridine rings is 1. The molecule has 0 aliphatic heterocycles. The average molecular weight is 306 g/mol. The Bertz CT molecular complexity index is 760. The van der Waals surface area contributed by atoms with Crippen LogP contribution in [0.5, 0.6) is 0 Å². The number of aromatic amines is 1. The number of rotatable bonds is 5. The van der Waals surface area contributed by atoms with Crippen LogP contribution in [0.15, 0.2) is 4.79 Å². The molecular formula is C15H22N4O3. The molecule has 3 N–H and O–H groups in total. The van der Waals surface area contributed by atoms with Crippen molar-refractivity contribution in [2.75, 3.05) is 13.2 Å². The molecule has 1 atom stereocenters. The van der Waals surface area contributed by atoms with Gasteiger partial charge in [0.2, 0.25) is 5.91 Å². The number of H-pyrrole nitrogens is 1. The van der Waals surface area contributed by atoms with Gasteiger partial charge in [0.1, 0.15) is 0 Å². The van der Waals surface area contributed by atoms with E-state index in [9.17, 15) is 9.59 Å². The highest BCUT2D eigenvalue weighted by Crippen LogP contribution is 2.20. The van der Waals surface area contributed by atoms with Gasteiger partial charge in [-0.1, -0.05) is 6.92 Å². The van der Waals surface area contributed by atoms with E-state index in [1.54, 1.807) is 11.7 Å². The normalized spacial score (nSPS) is 12.6. The molecule has 0 spiro atoms. The van der Waals surface area contributed by atoms with E-state index in [1.807, 2.05) is 20.8 Å². The number of aromatic nitrogens is 3. The molecule has 0 bridgehead atoms. The Kier molecular flexibility index (Phi) is 4.65. The summed E-state index contributed by atoms with van der Waals surface area (Å²) in [7, 11) is 1.73. The molecular weight excluding hydrogens is 284 g/mol. The number of nitrogens with one attached hydrogen (secondary N) is 2. The number of hydrogen-bond acceptors (Lipinski definition) is 4. The third kappa shape index (κ3) is 3.04. The Morgan fingerprint density at radius 2 is 2.14 bits per heavy atom. The Hall–Kier alpha value is -2.15. The lowest BCUT2D eigenvalue weighted by molar-refractivity contribution is -0.120. The Balaban J connectivity index is 2.30. The van der Waals surface area contributed by atoms with Crippen molar-refractivity contribution in [2.24, 2.45) is 13.0 Å². The first-order chi connectivity index (χ1) is 10.3.